The number of amides is 1. The van der Waals surface area contributed by atoms with Crippen LogP contribution in [0.5, 0.6) is 0 Å². The Balaban J connectivity index is 2.15. The minimum atomic E-state index is -0.795. The van der Waals surface area contributed by atoms with Gasteiger partial charge in [-0.3, -0.25) is 4.79 Å². The highest BCUT2D eigenvalue weighted by molar-refractivity contribution is 7.18. The highest BCUT2D eigenvalue weighted by Crippen LogP contribution is 2.31. The van der Waals surface area contributed by atoms with Crippen molar-refractivity contribution in [1.29, 1.82) is 0 Å². The van der Waals surface area contributed by atoms with E-state index in [1.807, 2.05) is 11.9 Å². The molecule has 1 unspecified atom stereocenters. The van der Waals surface area contributed by atoms with E-state index < -0.39 is 5.60 Å². The van der Waals surface area contributed by atoms with Crippen LogP contribution in [-0.2, 0) is 0 Å². The third-order valence-corrected chi connectivity index (χ3v) is 4.63. The van der Waals surface area contributed by atoms with Gasteiger partial charge in [0.25, 0.3) is 5.91 Å². The molecule has 0 saturated carbocycles. The van der Waals surface area contributed by atoms with Crippen molar-refractivity contribution < 1.29 is 9.90 Å². The molecule has 0 bridgehead atoms. The summed E-state index contributed by atoms with van der Waals surface area (Å²) in [5.74, 6) is 0.151. The zero-order chi connectivity index (χ0) is 14.9. The molecule has 2 heterocycles. The van der Waals surface area contributed by atoms with Crippen LogP contribution in [0, 0.1) is 0 Å². The van der Waals surface area contributed by atoms with Crippen molar-refractivity contribution in [3.63, 3.8) is 0 Å². The van der Waals surface area contributed by atoms with E-state index in [2.05, 4.69) is 11.9 Å². The van der Waals surface area contributed by atoms with Gasteiger partial charge in [-0.2, -0.15) is 0 Å². The predicted octanol–water partition coefficient (Wildman–Crippen LogP) is 1.17. The number of thiazole rings is 1. The molecule has 7 heteroatoms. The Bertz CT molecular complexity index is 501. The number of aromatic nitrogens is 1. The van der Waals surface area contributed by atoms with Crippen molar-refractivity contribution >= 4 is 28.2 Å². The lowest BCUT2D eigenvalue weighted by molar-refractivity contribution is 0.0575. The van der Waals surface area contributed by atoms with E-state index in [9.17, 15) is 9.90 Å². The Kier molecular flexibility index (Phi) is 4.19. The second kappa shape index (κ2) is 5.57. The maximum atomic E-state index is 12.4. The molecule has 20 heavy (non-hydrogen) atoms. The zero-order valence-electron chi connectivity index (χ0n) is 12.2. The van der Waals surface area contributed by atoms with Crippen LogP contribution >= 0.6 is 11.3 Å². The summed E-state index contributed by atoms with van der Waals surface area (Å²) in [7, 11) is 1.94. The number of aliphatic hydroxyl groups is 1. The Morgan fingerprint density at radius 1 is 1.65 bits per heavy atom. The van der Waals surface area contributed by atoms with Crippen LogP contribution in [-0.4, -0.2) is 53.2 Å². The number of nitrogens with two attached hydrogens (primary N) is 1. The molecular weight excluding hydrogens is 276 g/mol. The average molecular weight is 298 g/mol. The molecule has 1 aromatic heterocycles. The number of hydrogen-bond donors (Lipinski definition) is 2. The first kappa shape index (κ1) is 15.1. The van der Waals surface area contributed by atoms with Crippen molar-refractivity contribution in [2.75, 3.05) is 37.3 Å². The minimum absolute atomic E-state index is 0.131. The van der Waals surface area contributed by atoms with Gasteiger partial charge in [0.1, 0.15) is 10.7 Å². The number of rotatable bonds is 4. The second-order valence-corrected chi connectivity index (χ2v) is 6.58. The number of carbonyl (C=O) groups excluding carboxylic acids is 1. The third-order valence-electron chi connectivity index (χ3n) is 3.46. The van der Waals surface area contributed by atoms with E-state index >= 15 is 0 Å². The molecule has 6 nitrogen and oxygen atoms in total. The van der Waals surface area contributed by atoms with Gasteiger partial charge in [-0.05, 0) is 19.8 Å². The van der Waals surface area contributed by atoms with Crippen LogP contribution in [0.15, 0.2) is 0 Å². The van der Waals surface area contributed by atoms with Crippen LogP contribution in [0.2, 0.25) is 0 Å². The van der Waals surface area contributed by atoms with Crippen LogP contribution in [0.4, 0.5) is 10.9 Å². The first-order valence-electron chi connectivity index (χ1n) is 6.83. The number of nitrogen functional groups attached to an aromatic ring is 1. The molecule has 1 aliphatic rings. The molecule has 3 N–H and O–H groups in total. The van der Waals surface area contributed by atoms with E-state index in [1.165, 1.54) is 11.3 Å². The molecule has 0 aromatic carbocycles. The SMILES string of the molecule is CCCN(C)c1nc(N)c(C(=O)N2CCC(C)(O)C2)s1. The summed E-state index contributed by atoms with van der Waals surface area (Å²) >= 11 is 1.32. The molecule has 112 valence electrons. The Labute approximate surface area is 123 Å². The summed E-state index contributed by atoms with van der Waals surface area (Å²) in [6.07, 6.45) is 1.61. The maximum Gasteiger partial charge on any atom is 0.267 e. The van der Waals surface area contributed by atoms with Gasteiger partial charge in [-0.25, -0.2) is 4.98 Å². The zero-order valence-corrected chi connectivity index (χ0v) is 13.0. The van der Waals surface area contributed by atoms with Crippen LogP contribution in [0.25, 0.3) is 0 Å². The molecule has 0 aliphatic carbocycles. The third kappa shape index (κ3) is 3.04. The van der Waals surface area contributed by atoms with E-state index in [1.54, 1.807) is 11.8 Å². The Hall–Kier alpha value is -1.34. The number of β-amino-alcohol motifs (C(OH)–C–C–N with tert-alkyl or cyclic N) is 1. The first-order chi connectivity index (χ1) is 9.34. The van der Waals surface area contributed by atoms with Crippen molar-refractivity contribution in [2.45, 2.75) is 32.3 Å². The summed E-state index contributed by atoms with van der Waals surface area (Å²) in [5, 5.41) is 10.7. The van der Waals surface area contributed by atoms with Gasteiger partial charge < -0.3 is 20.6 Å². The van der Waals surface area contributed by atoms with E-state index in [0.29, 0.717) is 24.4 Å². The minimum Gasteiger partial charge on any atom is -0.388 e. The molecule has 1 saturated heterocycles. The summed E-state index contributed by atoms with van der Waals surface area (Å²) in [6, 6.07) is 0. The van der Waals surface area contributed by atoms with Gasteiger partial charge in [0.15, 0.2) is 5.13 Å². The molecule has 1 fully saturated rings. The van der Waals surface area contributed by atoms with Crippen LogP contribution in [0.1, 0.15) is 36.4 Å². The molecule has 1 atom stereocenters. The Morgan fingerprint density at radius 3 is 2.90 bits per heavy atom. The quantitative estimate of drug-likeness (QED) is 0.872. The number of hydrogen-bond acceptors (Lipinski definition) is 6. The standard InChI is InChI=1S/C13H22N4O2S/c1-4-6-16(3)12-15-10(14)9(20-12)11(18)17-7-5-13(2,19)8-17/h19H,4-8,14H2,1-3H3. The topological polar surface area (TPSA) is 82.7 Å². The number of nitrogens with zero attached hydrogens (tertiary/aromatic N) is 3. The van der Waals surface area contributed by atoms with Gasteiger partial charge in [-0.1, -0.05) is 18.3 Å². The summed E-state index contributed by atoms with van der Waals surface area (Å²) < 4.78 is 0. The summed E-state index contributed by atoms with van der Waals surface area (Å²) in [5.41, 5.74) is 5.08. The van der Waals surface area contributed by atoms with Crippen LogP contribution in [0.3, 0.4) is 0 Å². The maximum absolute atomic E-state index is 12.4. The lowest BCUT2D eigenvalue weighted by atomic mass is 10.1. The molecular formula is C13H22N4O2S. The second-order valence-electron chi connectivity index (χ2n) is 5.61. The molecule has 1 amide bonds. The first-order valence-corrected chi connectivity index (χ1v) is 7.65. The lowest BCUT2D eigenvalue weighted by Gasteiger charge is -2.18. The predicted molar refractivity (Wildman–Crippen MR) is 81.2 cm³/mol. The fraction of sp³-hybridized carbons (Fsp3) is 0.692. The van der Waals surface area contributed by atoms with Crippen molar-refractivity contribution in [2.24, 2.45) is 0 Å². The summed E-state index contributed by atoms with van der Waals surface area (Å²) in [4.78, 5) is 20.8. The smallest absolute Gasteiger partial charge is 0.267 e. The van der Waals surface area contributed by atoms with Crippen molar-refractivity contribution in [3.05, 3.63) is 4.88 Å². The molecule has 1 aromatic rings. The Morgan fingerprint density at radius 2 is 2.35 bits per heavy atom. The van der Waals surface area contributed by atoms with E-state index in [-0.39, 0.29) is 11.7 Å². The fourth-order valence-electron chi connectivity index (χ4n) is 2.33. The van der Waals surface area contributed by atoms with Gasteiger partial charge in [0.05, 0.1) is 5.60 Å². The van der Waals surface area contributed by atoms with Crippen molar-refractivity contribution in [1.82, 2.24) is 9.88 Å². The highest BCUT2D eigenvalue weighted by atomic mass is 32.1. The fourth-order valence-corrected chi connectivity index (χ4v) is 3.27. The summed E-state index contributed by atoms with van der Waals surface area (Å²) in [6.45, 7) is 5.62. The van der Waals surface area contributed by atoms with Gasteiger partial charge in [0, 0.05) is 26.7 Å². The largest absolute Gasteiger partial charge is 0.388 e. The van der Waals surface area contributed by atoms with Crippen molar-refractivity contribution in [3.8, 4) is 0 Å². The van der Waals surface area contributed by atoms with Gasteiger partial charge in [-0.15, -0.1) is 0 Å². The normalized spacial score (nSPS) is 22.3. The number of carbonyl (C=O) groups is 1. The number of likely N-dealkylation sites (tertiary alicyclic amines) is 1. The van der Waals surface area contributed by atoms with E-state index in [0.717, 1.165) is 18.1 Å². The molecule has 1 aliphatic heterocycles. The van der Waals surface area contributed by atoms with Gasteiger partial charge in [0.2, 0.25) is 0 Å². The number of anilines is 2. The molecule has 2 rings (SSSR count). The van der Waals surface area contributed by atoms with Gasteiger partial charge >= 0.3 is 0 Å². The molecule has 0 radical (unpaired) electrons. The lowest BCUT2D eigenvalue weighted by Crippen LogP contribution is -2.33. The highest BCUT2D eigenvalue weighted by Gasteiger charge is 2.35. The monoisotopic (exact) mass is 298 g/mol. The molecule has 0 spiro atoms. The van der Waals surface area contributed by atoms with Crippen LogP contribution < -0.4 is 10.6 Å². The van der Waals surface area contributed by atoms with E-state index in [4.69, 9.17) is 5.73 Å². The average Bonchev–Trinajstić information content (AvgIpc) is 2.92.